The number of hydrogen-bond acceptors (Lipinski definition) is 6. The van der Waals surface area contributed by atoms with Gasteiger partial charge in [-0.15, -0.1) is 0 Å². The van der Waals surface area contributed by atoms with Gasteiger partial charge < -0.3 is 15.0 Å². The fourth-order valence-electron chi connectivity index (χ4n) is 5.69. The Kier molecular flexibility index (Phi) is 8.67. The summed E-state index contributed by atoms with van der Waals surface area (Å²) in [5, 5.41) is 3.47. The van der Waals surface area contributed by atoms with Crippen LogP contribution in [0.1, 0.15) is 46.1 Å². The Balaban J connectivity index is 1.70. The number of pyridine rings is 2. The van der Waals surface area contributed by atoms with Gasteiger partial charge in [0.05, 0.1) is 22.3 Å². The Hall–Kier alpha value is -4.41. The molecule has 1 N–H and O–H groups in total. The van der Waals surface area contributed by atoms with Gasteiger partial charge in [-0.25, -0.2) is 18.7 Å². The third-order valence-corrected chi connectivity index (χ3v) is 7.73. The highest BCUT2D eigenvalue weighted by atomic mass is 19.3. The first-order valence-corrected chi connectivity index (χ1v) is 14.6. The van der Waals surface area contributed by atoms with Crippen molar-refractivity contribution < 1.29 is 27.1 Å². The summed E-state index contributed by atoms with van der Waals surface area (Å²) < 4.78 is 60.1. The number of benzene rings is 2. The highest BCUT2D eigenvalue weighted by Crippen LogP contribution is 2.42. The number of anilines is 4. The van der Waals surface area contributed by atoms with E-state index in [9.17, 15) is 18.0 Å². The molecule has 1 amide bonds. The van der Waals surface area contributed by atoms with Crippen molar-refractivity contribution in [2.75, 3.05) is 34.8 Å². The smallest absolute Gasteiger partial charge is 0.387 e. The summed E-state index contributed by atoms with van der Waals surface area (Å²) in [4.78, 5) is 26.0. The summed E-state index contributed by atoms with van der Waals surface area (Å²) in [7, 11) is 0. The number of alkyl halides is 2. The standard InChI is InChI=1S/C33H35F4N5O2/c1-6-12-41(7-2)27-15-25(23(17-38-27)20-8-10-22(11-9-20)44-32(36)37)39-30-19(3)31(42-18-33(4,5)16-28(42)43)40-26-14-21(34)13-24(35)29(26)30/h8-11,13-15,17,32H,6-7,12,16,18H2,1-5H3,(H,38,39,40). The molecule has 1 saturated heterocycles. The lowest BCUT2D eigenvalue weighted by atomic mass is 9.93. The first kappa shape index (κ1) is 31.0. The second kappa shape index (κ2) is 12.3. The lowest BCUT2D eigenvalue weighted by molar-refractivity contribution is -0.117. The maximum absolute atomic E-state index is 15.5. The van der Waals surface area contributed by atoms with Gasteiger partial charge in [0.15, 0.2) is 0 Å². The van der Waals surface area contributed by atoms with E-state index in [1.54, 1.807) is 30.2 Å². The van der Waals surface area contributed by atoms with Crippen LogP contribution in [0.2, 0.25) is 0 Å². The number of aromatic nitrogens is 2. The zero-order valence-electron chi connectivity index (χ0n) is 25.3. The van der Waals surface area contributed by atoms with Crippen molar-refractivity contribution in [3.05, 3.63) is 65.9 Å². The van der Waals surface area contributed by atoms with Crippen LogP contribution in [0.25, 0.3) is 22.0 Å². The van der Waals surface area contributed by atoms with Crippen LogP contribution in [0.4, 0.5) is 40.6 Å². The molecule has 7 nitrogen and oxygen atoms in total. The molecule has 1 aliphatic heterocycles. The van der Waals surface area contributed by atoms with Crippen LogP contribution in [0, 0.1) is 24.0 Å². The molecular formula is C33H35F4N5O2. The Morgan fingerprint density at radius 3 is 2.45 bits per heavy atom. The molecule has 2 aromatic carbocycles. The average molecular weight is 610 g/mol. The van der Waals surface area contributed by atoms with Gasteiger partial charge in [0, 0.05) is 61.6 Å². The molecule has 0 saturated carbocycles. The first-order chi connectivity index (χ1) is 20.9. The normalized spacial score (nSPS) is 14.5. The molecule has 2 aromatic heterocycles. The molecule has 5 rings (SSSR count). The zero-order chi connectivity index (χ0) is 31.8. The fourth-order valence-corrected chi connectivity index (χ4v) is 5.69. The minimum Gasteiger partial charge on any atom is -0.435 e. The van der Waals surface area contributed by atoms with E-state index in [0.717, 1.165) is 25.1 Å². The molecule has 0 radical (unpaired) electrons. The van der Waals surface area contributed by atoms with Gasteiger partial charge in [0.25, 0.3) is 0 Å². The molecule has 0 bridgehead atoms. The van der Waals surface area contributed by atoms with Gasteiger partial charge in [-0.05, 0) is 43.4 Å². The Bertz CT molecular complexity index is 1690. The summed E-state index contributed by atoms with van der Waals surface area (Å²) in [5.74, 6) is -0.700. The van der Waals surface area contributed by atoms with Crippen molar-refractivity contribution in [2.24, 2.45) is 5.41 Å². The molecule has 0 atom stereocenters. The number of amides is 1. The number of hydrogen-bond donors (Lipinski definition) is 1. The third kappa shape index (κ3) is 6.27. The molecule has 0 spiro atoms. The molecule has 0 aliphatic carbocycles. The van der Waals surface area contributed by atoms with E-state index in [1.807, 2.05) is 26.8 Å². The second-order valence-corrected chi connectivity index (χ2v) is 11.7. The molecule has 11 heteroatoms. The third-order valence-electron chi connectivity index (χ3n) is 7.73. The van der Waals surface area contributed by atoms with Crippen LogP contribution >= 0.6 is 0 Å². The molecule has 44 heavy (non-hydrogen) atoms. The van der Waals surface area contributed by atoms with Gasteiger partial charge in [0.2, 0.25) is 5.91 Å². The van der Waals surface area contributed by atoms with Crippen molar-refractivity contribution in [2.45, 2.75) is 54.1 Å². The summed E-state index contributed by atoms with van der Waals surface area (Å²) in [6.07, 6.45) is 2.88. The Morgan fingerprint density at radius 1 is 1.11 bits per heavy atom. The average Bonchev–Trinajstić information content (AvgIpc) is 3.24. The number of nitrogens with zero attached hydrogens (tertiary/aromatic N) is 4. The Morgan fingerprint density at radius 2 is 1.84 bits per heavy atom. The van der Waals surface area contributed by atoms with Crippen molar-refractivity contribution in [3.63, 3.8) is 0 Å². The van der Waals surface area contributed by atoms with E-state index in [4.69, 9.17) is 0 Å². The summed E-state index contributed by atoms with van der Waals surface area (Å²) in [6, 6.07) is 9.93. The summed E-state index contributed by atoms with van der Waals surface area (Å²) in [6.45, 7) is 8.70. The van der Waals surface area contributed by atoms with Crippen molar-refractivity contribution in [1.82, 2.24) is 9.97 Å². The molecule has 3 heterocycles. The summed E-state index contributed by atoms with van der Waals surface area (Å²) in [5.41, 5.74) is 2.41. The monoisotopic (exact) mass is 609 g/mol. The van der Waals surface area contributed by atoms with Crippen LogP contribution in [-0.2, 0) is 4.79 Å². The maximum Gasteiger partial charge on any atom is 0.387 e. The second-order valence-electron chi connectivity index (χ2n) is 11.7. The molecular weight excluding hydrogens is 574 g/mol. The lowest BCUT2D eigenvalue weighted by Gasteiger charge is -2.25. The predicted molar refractivity (Wildman–Crippen MR) is 165 cm³/mol. The van der Waals surface area contributed by atoms with Crippen molar-refractivity contribution >= 4 is 39.8 Å². The van der Waals surface area contributed by atoms with Crippen LogP contribution < -0.4 is 19.9 Å². The quantitative estimate of drug-likeness (QED) is 0.183. The fraction of sp³-hybridized carbons (Fsp3) is 0.364. The van der Waals surface area contributed by atoms with Crippen LogP contribution in [-0.4, -0.2) is 42.1 Å². The number of carbonyl (C=O) groups excluding carboxylic acids is 1. The van der Waals surface area contributed by atoms with Crippen LogP contribution in [0.15, 0.2) is 48.7 Å². The van der Waals surface area contributed by atoms with Crippen LogP contribution in [0.5, 0.6) is 5.75 Å². The largest absolute Gasteiger partial charge is 0.435 e. The molecule has 1 aliphatic rings. The topological polar surface area (TPSA) is 70.6 Å². The molecule has 1 fully saturated rings. The number of carbonyl (C=O) groups is 1. The number of halogens is 4. The van der Waals surface area contributed by atoms with E-state index >= 15 is 4.39 Å². The van der Waals surface area contributed by atoms with Gasteiger partial charge in [-0.2, -0.15) is 8.78 Å². The number of fused-ring (bicyclic) bond motifs is 1. The van der Waals surface area contributed by atoms with E-state index in [0.29, 0.717) is 59.2 Å². The number of nitrogens with one attached hydrogen (secondary N) is 1. The number of rotatable bonds is 10. The van der Waals surface area contributed by atoms with Gasteiger partial charge in [-0.3, -0.25) is 9.69 Å². The minimum absolute atomic E-state index is 0.00542. The van der Waals surface area contributed by atoms with Crippen LogP contribution in [0.3, 0.4) is 0 Å². The molecule has 232 valence electrons. The molecule has 4 aromatic rings. The highest BCUT2D eigenvalue weighted by molar-refractivity contribution is 6.03. The van der Waals surface area contributed by atoms with E-state index in [2.05, 4.69) is 31.8 Å². The highest BCUT2D eigenvalue weighted by Gasteiger charge is 2.38. The van der Waals surface area contributed by atoms with E-state index in [-0.39, 0.29) is 28.0 Å². The van der Waals surface area contributed by atoms with E-state index in [1.165, 1.54) is 12.1 Å². The lowest BCUT2D eigenvalue weighted by Crippen LogP contribution is -2.28. The molecule has 0 unspecified atom stereocenters. The first-order valence-electron chi connectivity index (χ1n) is 14.6. The van der Waals surface area contributed by atoms with Gasteiger partial charge >= 0.3 is 6.61 Å². The van der Waals surface area contributed by atoms with E-state index < -0.39 is 18.2 Å². The van der Waals surface area contributed by atoms with Crippen molar-refractivity contribution in [3.8, 4) is 16.9 Å². The van der Waals surface area contributed by atoms with Crippen molar-refractivity contribution in [1.29, 1.82) is 0 Å². The van der Waals surface area contributed by atoms with Gasteiger partial charge in [0.1, 0.15) is 29.0 Å². The maximum atomic E-state index is 15.5. The minimum atomic E-state index is -2.96. The SMILES string of the molecule is CCCN(CC)c1cc(Nc2c(C)c(N3CC(C)(C)CC3=O)nc3cc(F)cc(F)c23)c(-c2ccc(OC(F)F)cc2)cn1. The zero-order valence-corrected chi connectivity index (χ0v) is 25.3. The predicted octanol–water partition coefficient (Wildman–Crippen LogP) is 8.23. The van der Waals surface area contributed by atoms with Gasteiger partial charge in [-0.1, -0.05) is 32.9 Å². The Labute approximate surface area is 253 Å². The number of ether oxygens (including phenoxy) is 1. The summed E-state index contributed by atoms with van der Waals surface area (Å²) >= 11 is 0.